The van der Waals surface area contributed by atoms with Crippen molar-refractivity contribution in [1.29, 1.82) is 0 Å². The molecule has 0 saturated carbocycles. The van der Waals surface area contributed by atoms with Gasteiger partial charge in [0.2, 0.25) is 0 Å². The number of allylic oxidation sites excluding steroid dienone is 2. The van der Waals surface area contributed by atoms with Crippen LogP contribution in [0.3, 0.4) is 0 Å². The van der Waals surface area contributed by atoms with E-state index in [0.717, 1.165) is 0 Å². The summed E-state index contributed by atoms with van der Waals surface area (Å²) in [7, 11) is 0. The Hall–Kier alpha value is -0.260. The van der Waals surface area contributed by atoms with Gasteiger partial charge in [0.1, 0.15) is 0 Å². The van der Waals surface area contributed by atoms with Crippen molar-refractivity contribution in [2.24, 2.45) is 0 Å². The number of hydrogen-bond acceptors (Lipinski definition) is 0. The van der Waals surface area contributed by atoms with Crippen LogP contribution in [-0.2, 0) is 0 Å². The number of unbranched alkanes of at least 4 members (excludes halogenated alkanes) is 4. The maximum absolute atomic E-state index is 2.35. The molecule has 1 radical (unpaired) electrons. The molecule has 0 heterocycles. The van der Waals surface area contributed by atoms with Crippen molar-refractivity contribution in [2.75, 3.05) is 0 Å². The smallest absolute Gasteiger partial charge is 0.0303 e. The second-order valence-electron chi connectivity index (χ2n) is 4.07. The topological polar surface area (TPSA) is 0 Å². The molecule has 0 aromatic heterocycles. The van der Waals surface area contributed by atoms with Crippen LogP contribution in [0.4, 0.5) is 0 Å². The number of rotatable bonds is 8. The highest BCUT2D eigenvalue weighted by molar-refractivity contribution is 4.82. The van der Waals surface area contributed by atoms with Gasteiger partial charge in [0.05, 0.1) is 0 Å². The summed E-state index contributed by atoms with van der Waals surface area (Å²) < 4.78 is 0. The molecule has 0 aliphatic heterocycles. The first-order chi connectivity index (χ1) is 6.27. The molecule has 0 aliphatic rings. The van der Waals surface area contributed by atoms with Crippen molar-refractivity contribution in [1.82, 2.24) is 0 Å². The van der Waals surface area contributed by atoms with Gasteiger partial charge >= 0.3 is 0 Å². The minimum atomic E-state index is 1.27. The standard InChI is InChI=1S/C13H25/c1-4-5-6-7-8-9-10-11-12-13(2)3/h7-8H,4-6,9-12H2,1-3H3/b8-7+. The zero-order chi connectivity index (χ0) is 9.94. The van der Waals surface area contributed by atoms with Gasteiger partial charge in [-0.05, 0) is 31.6 Å². The summed E-state index contributed by atoms with van der Waals surface area (Å²) in [4.78, 5) is 0. The molecule has 0 bridgehead atoms. The molecule has 0 amide bonds. The Kier molecular flexibility index (Phi) is 9.63. The van der Waals surface area contributed by atoms with E-state index in [9.17, 15) is 0 Å². The summed E-state index contributed by atoms with van der Waals surface area (Å²) in [6, 6.07) is 0. The van der Waals surface area contributed by atoms with E-state index in [1.54, 1.807) is 5.92 Å². The first-order valence-corrected chi connectivity index (χ1v) is 5.71. The maximum Gasteiger partial charge on any atom is -0.0303 e. The van der Waals surface area contributed by atoms with Crippen LogP contribution in [0.1, 0.15) is 65.7 Å². The third-order valence-corrected chi connectivity index (χ3v) is 2.19. The van der Waals surface area contributed by atoms with Gasteiger partial charge in [-0.25, -0.2) is 0 Å². The molecule has 0 atom stereocenters. The monoisotopic (exact) mass is 181 g/mol. The van der Waals surface area contributed by atoms with Gasteiger partial charge in [0, 0.05) is 0 Å². The van der Waals surface area contributed by atoms with E-state index in [2.05, 4.69) is 32.9 Å². The minimum absolute atomic E-state index is 1.27. The summed E-state index contributed by atoms with van der Waals surface area (Å²) in [6.07, 6.45) is 13.9. The molecular formula is C13H25. The minimum Gasteiger partial charge on any atom is -0.0885 e. The highest BCUT2D eigenvalue weighted by atomic mass is 14.0. The third-order valence-electron chi connectivity index (χ3n) is 2.19. The summed E-state index contributed by atoms with van der Waals surface area (Å²) in [5.74, 6) is 1.56. The summed E-state index contributed by atoms with van der Waals surface area (Å²) >= 11 is 0. The lowest BCUT2D eigenvalue weighted by Gasteiger charge is -2.01. The normalized spacial score (nSPS) is 11.7. The van der Waals surface area contributed by atoms with E-state index in [4.69, 9.17) is 0 Å². The molecule has 0 rings (SSSR count). The van der Waals surface area contributed by atoms with Gasteiger partial charge in [-0.1, -0.05) is 52.2 Å². The zero-order valence-corrected chi connectivity index (χ0v) is 9.60. The molecule has 0 N–H and O–H groups in total. The molecule has 0 aromatic carbocycles. The first kappa shape index (κ1) is 12.7. The summed E-state index contributed by atoms with van der Waals surface area (Å²) in [5.41, 5.74) is 0. The molecule has 77 valence electrons. The number of hydrogen-bond donors (Lipinski definition) is 0. The van der Waals surface area contributed by atoms with Crippen LogP contribution in [0.2, 0.25) is 0 Å². The van der Waals surface area contributed by atoms with E-state index in [-0.39, 0.29) is 0 Å². The van der Waals surface area contributed by atoms with Gasteiger partial charge in [0.25, 0.3) is 0 Å². The third kappa shape index (κ3) is 11.7. The molecule has 0 heteroatoms. The van der Waals surface area contributed by atoms with Crippen molar-refractivity contribution >= 4 is 0 Å². The molecule has 0 fully saturated rings. The zero-order valence-electron chi connectivity index (χ0n) is 9.60. The average Bonchev–Trinajstić information content (AvgIpc) is 2.09. The van der Waals surface area contributed by atoms with Crippen LogP contribution in [0.25, 0.3) is 0 Å². The van der Waals surface area contributed by atoms with Gasteiger partial charge in [0.15, 0.2) is 0 Å². The molecular weight excluding hydrogens is 156 g/mol. The Morgan fingerprint density at radius 3 is 2.08 bits per heavy atom. The summed E-state index contributed by atoms with van der Waals surface area (Å²) in [5, 5.41) is 0. The van der Waals surface area contributed by atoms with Crippen molar-refractivity contribution in [3.63, 3.8) is 0 Å². The average molecular weight is 181 g/mol. The van der Waals surface area contributed by atoms with Gasteiger partial charge in [-0.3, -0.25) is 0 Å². The second kappa shape index (κ2) is 9.83. The van der Waals surface area contributed by atoms with Crippen molar-refractivity contribution in [3.05, 3.63) is 18.1 Å². The Morgan fingerprint density at radius 1 is 0.923 bits per heavy atom. The summed E-state index contributed by atoms with van der Waals surface area (Å²) in [6.45, 7) is 6.68. The molecule has 13 heavy (non-hydrogen) atoms. The molecule has 0 nitrogen and oxygen atoms in total. The lowest BCUT2D eigenvalue weighted by atomic mass is 10.1. The predicted molar refractivity (Wildman–Crippen MR) is 61.7 cm³/mol. The molecule has 0 saturated heterocycles. The molecule has 0 aromatic rings. The van der Waals surface area contributed by atoms with Crippen molar-refractivity contribution in [2.45, 2.75) is 65.7 Å². The van der Waals surface area contributed by atoms with E-state index in [1.807, 2.05) is 0 Å². The SMILES string of the molecule is CCCC/C=C/CCCC[C](C)C. The lowest BCUT2D eigenvalue weighted by Crippen LogP contribution is -1.83. The van der Waals surface area contributed by atoms with Crippen molar-refractivity contribution < 1.29 is 0 Å². The fourth-order valence-corrected chi connectivity index (χ4v) is 1.30. The van der Waals surface area contributed by atoms with Crippen molar-refractivity contribution in [3.8, 4) is 0 Å². The quantitative estimate of drug-likeness (QED) is 0.369. The molecule has 0 unspecified atom stereocenters. The predicted octanol–water partition coefficient (Wildman–Crippen LogP) is 4.91. The largest absolute Gasteiger partial charge is 0.0885 e. The van der Waals surface area contributed by atoms with Crippen LogP contribution in [0.5, 0.6) is 0 Å². The van der Waals surface area contributed by atoms with Gasteiger partial charge in [-0.15, -0.1) is 0 Å². The van der Waals surface area contributed by atoms with Crippen LogP contribution in [0, 0.1) is 5.92 Å². The van der Waals surface area contributed by atoms with E-state index in [0.29, 0.717) is 0 Å². The second-order valence-corrected chi connectivity index (χ2v) is 4.07. The highest BCUT2D eigenvalue weighted by Crippen LogP contribution is 2.10. The fourth-order valence-electron chi connectivity index (χ4n) is 1.30. The Morgan fingerprint density at radius 2 is 1.54 bits per heavy atom. The Bertz CT molecular complexity index is 111. The van der Waals surface area contributed by atoms with E-state index >= 15 is 0 Å². The maximum atomic E-state index is 2.35. The fraction of sp³-hybridized carbons (Fsp3) is 0.769. The van der Waals surface area contributed by atoms with Crippen LogP contribution in [-0.4, -0.2) is 0 Å². The Balaban J connectivity index is 3.02. The van der Waals surface area contributed by atoms with Gasteiger partial charge < -0.3 is 0 Å². The first-order valence-electron chi connectivity index (χ1n) is 5.71. The van der Waals surface area contributed by atoms with E-state index < -0.39 is 0 Å². The Labute approximate surface area is 84.4 Å². The lowest BCUT2D eigenvalue weighted by molar-refractivity contribution is 0.696. The van der Waals surface area contributed by atoms with Crippen LogP contribution >= 0.6 is 0 Å². The van der Waals surface area contributed by atoms with E-state index in [1.165, 1.54) is 44.9 Å². The van der Waals surface area contributed by atoms with Crippen LogP contribution in [0.15, 0.2) is 12.2 Å². The molecule has 0 aliphatic carbocycles. The molecule has 0 spiro atoms. The van der Waals surface area contributed by atoms with Gasteiger partial charge in [-0.2, -0.15) is 0 Å². The highest BCUT2D eigenvalue weighted by Gasteiger charge is 1.92. The van der Waals surface area contributed by atoms with Crippen LogP contribution < -0.4 is 0 Å².